The molecule has 0 fully saturated rings. The van der Waals surface area contributed by atoms with Crippen molar-refractivity contribution in [3.05, 3.63) is 132 Å². The quantitative estimate of drug-likeness (QED) is 0.355. The fourth-order valence-electron chi connectivity index (χ4n) is 3.16. The lowest BCUT2D eigenvalue weighted by molar-refractivity contribution is 1.54. The number of hydrogen-bond donors (Lipinski definition) is 0. The summed E-state index contributed by atoms with van der Waals surface area (Å²) in [4.78, 5) is 0. The molecule has 0 heteroatoms. The molecule has 0 spiro atoms. The van der Waals surface area contributed by atoms with Crippen molar-refractivity contribution in [2.75, 3.05) is 0 Å². The van der Waals surface area contributed by atoms with Crippen molar-refractivity contribution in [3.8, 4) is 11.1 Å². The van der Waals surface area contributed by atoms with Gasteiger partial charge < -0.3 is 0 Å². The molecule has 0 aliphatic heterocycles. The predicted molar refractivity (Wildman–Crippen MR) is 112 cm³/mol. The highest BCUT2D eigenvalue weighted by Gasteiger charge is 2.07. The molecule has 0 unspecified atom stereocenters. The van der Waals surface area contributed by atoms with Crippen LogP contribution in [-0.2, 0) is 0 Å². The van der Waals surface area contributed by atoms with Crippen LogP contribution in [0.25, 0.3) is 22.8 Å². The van der Waals surface area contributed by atoms with Crippen molar-refractivity contribution in [1.29, 1.82) is 0 Å². The molecule has 0 bridgehead atoms. The van der Waals surface area contributed by atoms with Crippen LogP contribution in [0.5, 0.6) is 0 Å². The second kappa shape index (κ2) is 7.67. The molecule has 0 N–H and O–H groups in total. The Balaban J connectivity index is 1.84. The van der Waals surface area contributed by atoms with E-state index < -0.39 is 0 Å². The third-order valence-corrected chi connectivity index (χ3v) is 4.48. The first kappa shape index (κ1) is 16.1. The maximum Gasteiger partial charge on any atom is -0.0105 e. The molecule has 0 radical (unpaired) electrons. The van der Waals surface area contributed by atoms with E-state index in [4.69, 9.17) is 0 Å². The van der Waals surface area contributed by atoms with Gasteiger partial charge in [-0.15, -0.1) is 0 Å². The van der Waals surface area contributed by atoms with E-state index in [9.17, 15) is 0 Å². The van der Waals surface area contributed by atoms with Crippen LogP contribution in [0.1, 0.15) is 16.7 Å². The van der Waals surface area contributed by atoms with Crippen molar-refractivity contribution < 1.29 is 0 Å². The molecular weight excluding hydrogens is 312 g/mol. The predicted octanol–water partition coefficient (Wildman–Crippen LogP) is 6.94. The molecule has 0 aromatic heterocycles. The fourth-order valence-corrected chi connectivity index (χ4v) is 3.16. The molecule has 0 aliphatic rings. The molecule has 0 heterocycles. The first-order valence-electron chi connectivity index (χ1n) is 8.88. The van der Waals surface area contributed by atoms with Crippen LogP contribution < -0.4 is 0 Å². The minimum atomic E-state index is 1.21. The highest BCUT2D eigenvalue weighted by molar-refractivity contribution is 5.92. The largest absolute Gasteiger partial charge is 0.0622 e. The smallest absolute Gasteiger partial charge is 0.0105 e. The topological polar surface area (TPSA) is 0 Å². The normalized spacial score (nSPS) is 11.3. The molecule has 0 aliphatic carbocycles. The zero-order valence-corrected chi connectivity index (χ0v) is 14.5. The van der Waals surface area contributed by atoms with E-state index in [1.807, 2.05) is 0 Å². The molecular formula is C26H20. The zero-order valence-electron chi connectivity index (χ0n) is 14.5. The molecule has 0 saturated heterocycles. The van der Waals surface area contributed by atoms with E-state index in [0.717, 1.165) is 0 Å². The molecule has 4 aromatic carbocycles. The van der Waals surface area contributed by atoms with E-state index in [-0.39, 0.29) is 0 Å². The fraction of sp³-hybridized carbons (Fsp3) is 0. The lowest BCUT2D eigenvalue weighted by Crippen LogP contribution is -1.89. The summed E-state index contributed by atoms with van der Waals surface area (Å²) < 4.78 is 0. The summed E-state index contributed by atoms with van der Waals surface area (Å²) in [5.74, 6) is 0. The molecule has 26 heavy (non-hydrogen) atoms. The highest BCUT2D eigenvalue weighted by Crippen LogP contribution is 2.29. The summed E-state index contributed by atoms with van der Waals surface area (Å²) in [6.07, 6.45) is 2.26. The average molecular weight is 332 g/mol. The average Bonchev–Trinajstić information content (AvgIpc) is 2.74. The monoisotopic (exact) mass is 332 g/mol. The summed E-state index contributed by atoms with van der Waals surface area (Å²) in [7, 11) is 0. The van der Waals surface area contributed by atoms with Crippen LogP contribution in [0.3, 0.4) is 0 Å². The third kappa shape index (κ3) is 3.65. The Kier molecular flexibility index (Phi) is 4.75. The Labute approximate surface area is 155 Å². The van der Waals surface area contributed by atoms with Gasteiger partial charge in [-0.1, -0.05) is 109 Å². The molecule has 4 rings (SSSR count). The first-order valence-corrected chi connectivity index (χ1v) is 8.88. The maximum atomic E-state index is 2.27. The Morgan fingerprint density at radius 3 is 1.69 bits per heavy atom. The van der Waals surface area contributed by atoms with E-state index in [1.165, 1.54) is 33.4 Å². The van der Waals surface area contributed by atoms with Crippen molar-refractivity contribution in [3.63, 3.8) is 0 Å². The maximum absolute atomic E-state index is 2.27. The van der Waals surface area contributed by atoms with Crippen LogP contribution in [-0.4, -0.2) is 0 Å². The lowest BCUT2D eigenvalue weighted by Gasteiger charge is -2.11. The number of hydrogen-bond acceptors (Lipinski definition) is 0. The van der Waals surface area contributed by atoms with Gasteiger partial charge in [-0.2, -0.15) is 0 Å². The van der Waals surface area contributed by atoms with Crippen LogP contribution >= 0.6 is 0 Å². The van der Waals surface area contributed by atoms with Gasteiger partial charge in [0.15, 0.2) is 0 Å². The third-order valence-electron chi connectivity index (χ3n) is 4.48. The second-order valence-corrected chi connectivity index (χ2v) is 6.28. The van der Waals surface area contributed by atoms with Crippen LogP contribution in [0.15, 0.2) is 115 Å². The lowest BCUT2D eigenvalue weighted by atomic mass is 9.93. The van der Waals surface area contributed by atoms with Gasteiger partial charge >= 0.3 is 0 Å². The van der Waals surface area contributed by atoms with Crippen molar-refractivity contribution >= 4 is 11.6 Å². The van der Waals surface area contributed by atoms with Crippen molar-refractivity contribution in [2.24, 2.45) is 0 Å². The van der Waals surface area contributed by atoms with E-state index in [0.29, 0.717) is 0 Å². The number of benzene rings is 4. The first-order chi connectivity index (χ1) is 12.9. The molecule has 0 amide bonds. The Morgan fingerprint density at radius 2 is 1.00 bits per heavy atom. The van der Waals surface area contributed by atoms with E-state index in [2.05, 4.69) is 121 Å². The minimum absolute atomic E-state index is 1.21. The van der Waals surface area contributed by atoms with Gasteiger partial charge in [0.05, 0.1) is 0 Å². The van der Waals surface area contributed by atoms with Gasteiger partial charge in [0.1, 0.15) is 0 Å². The van der Waals surface area contributed by atoms with Crippen molar-refractivity contribution in [2.45, 2.75) is 0 Å². The summed E-state index contributed by atoms with van der Waals surface area (Å²) in [6.45, 7) is 0. The van der Waals surface area contributed by atoms with Gasteiger partial charge in [-0.25, -0.2) is 0 Å². The number of rotatable bonds is 4. The van der Waals surface area contributed by atoms with Gasteiger partial charge in [0.2, 0.25) is 0 Å². The summed E-state index contributed by atoms with van der Waals surface area (Å²) in [5.41, 5.74) is 7.36. The Morgan fingerprint density at radius 1 is 0.462 bits per heavy atom. The Bertz CT molecular complexity index is 997. The van der Waals surface area contributed by atoms with Gasteiger partial charge in [-0.3, -0.25) is 0 Å². The highest BCUT2D eigenvalue weighted by atomic mass is 14.1. The van der Waals surface area contributed by atoms with Gasteiger partial charge in [0, 0.05) is 0 Å². The zero-order chi connectivity index (χ0) is 17.6. The molecule has 4 aromatic rings. The van der Waals surface area contributed by atoms with Crippen molar-refractivity contribution in [1.82, 2.24) is 0 Å². The minimum Gasteiger partial charge on any atom is -0.0622 e. The summed E-state index contributed by atoms with van der Waals surface area (Å²) in [5, 5.41) is 0. The summed E-state index contributed by atoms with van der Waals surface area (Å²) in [6, 6.07) is 40.4. The van der Waals surface area contributed by atoms with E-state index >= 15 is 0 Å². The summed E-state index contributed by atoms with van der Waals surface area (Å²) >= 11 is 0. The molecule has 0 atom stereocenters. The standard InChI is InChI=1S/C26H20/c1-4-11-21(12-5-1)19-26(23-15-8-3-9-16-23)25-18-10-17-24(20-25)22-13-6-2-7-14-22/h1-20H. The van der Waals surface area contributed by atoms with Crippen LogP contribution in [0.2, 0.25) is 0 Å². The van der Waals surface area contributed by atoms with E-state index in [1.54, 1.807) is 0 Å². The van der Waals surface area contributed by atoms with Gasteiger partial charge in [-0.05, 0) is 45.5 Å². The van der Waals surface area contributed by atoms with Crippen LogP contribution in [0, 0.1) is 0 Å². The van der Waals surface area contributed by atoms with Crippen LogP contribution in [0.4, 0.5) is 0 Å². The second-order valence-electron chi connectivity index (χ2n) is 6.28. The Hall–Kier alpha value is -3.38. The SMILES string of the molecule is C(=C(c1ccccc1)c1cccc(-c2ccccc2)c1)c1ccccc1. The molecule has 0 nitrogen and oxygen atoms in total. The molecule has 0 saturated carbocycles. The molecule has 124 valence electrons. The van der Waals surface area contributed by atoms with Gasteiger partial charge in [0.25, 0.3) is 0 Å².